The molecule has 2 amide bonds. The molecule has 0 aliphatic carbocycles. The summed E-state index contributed by atoms with van der Waals surface area (Å²) in [6.45, 7) is 15.3. The van der Waals surface area contributed by atoms with E-state index >= 15 is 0 Å². The highest BCUT2D eigenvalue weighted by Crippen LogP contribution is 2.50. The Bertz CT molecular complexity index is 1010. The number of rotatable bonds is 2. The van der Waals surface area contributed by atoms with Crippen LogP contribution in [0.15, 0.2) is 36.4 Å². The molecule has 4 rings (SSSR count). The molecule has 2 aliphatic rings. The zero-order valence-corrected chi connectivity index (χ0v) is 19.9. The molecule has 1 saturated heterocycles. The summed E-state index contributed by atoms with van der Waals surface area (Å²) in [5, 5.41) is 3.24. The Morgan fingerprint density at radius 2 is 1.71 bits per heavy atom. The molecule has 1 N–H and O–H groups in total. The predicted octanol–water partition coefficient (Wildman–Crippen LogP) is 6.06. The summed E-state index contributed by atoms with van der Waals surface area (Å²) in [5.74, 6) is 1.65. The number of amides is 2. The van der Waals surface area contributed by atoms with E-state index in [2.05, 4.69) is 59.0 Å². The molecule has 2 aliphatic heterocycles. The van der Waals surface area contributed by atoms with Crippen molar-refractivity contribution in [1.29, 1.82) is 0 Å². The largest absolute Gasteiger partial charge is 0.497 e. The Kier molecular flexibility index (Phi) is 4.80. The van der Waals surface area contributed by atoms with Crippen molar-refractivity contribution in [3.8, 4) is 11.5 Å². The van der Waals surface area contributed by atoms with Gasteiger partial charge in [0.2, 0.25) is 0 Å². The summed E-state index contributed by atoms with van der Waals surface area (Å²) in [5.41, 5.74) is 3.43. The maximum atomic E-state index is 13.2. The average Bonchev–Trinajstić information content (AvgIpc) is 2.65. The van der Waals surface area contributed by atoms with Gasteiger partial charge in [-0.15, -0.1) is 0 Å². The van der Waals surface area contributed by atoms with Gasteiger partial charge in [-0.05, 0) is 53.6 Å². The van der Waals surface area contributed by atoms with Crippen molar-refractivity contribution in [2.24, 2.45) is 0 Å². The number of hydrogen-bond donors (Lipinski definition) is 1. The predicted molar refractivity (Wildman–Crippen MR) is 124 cm³/mol. The number of ether oxygens (including phenoxy) is 2. The van der Waals surface area contributed by atoms with Crippen molar-refractivity contribution >= 4 is 11.7 Å². The molecule has 166 valence electrons. The zero-order chi connectivity index (χ0) is 22.8. The number of carbonyl (C=O) groups is 1. The van der Waals surface area contributed by atoms with Crippen LogP contribution in [0.1, 0.15) is 77.6 Å². The summed E-state index contributed by atoms with van der Waals surface area (Å²) < 4.78 is 12.0. The van der Waals surface area contributed by atoms with Crippen LogP contribution < -0.4 is 19.7 Å². The first-order valence-corrected chi connectivity index (χ1v) is 11.0. The van der Waals surface area contributed by atoms with Crippen LogP contribution in [0.2, 0.25) is 0 Å². The van der Waals surface area contributed by atoms with Crippen LogP contribution >= 0.6 is 0 Å². The number of hydrogen-bond acceptors (Lipinski definition) is 3. The Hall–Kier alpha value is -2.69. The molecule has 0 unspecified atom stereocenters. The van der Waals surface area contributed by atoms with E-state index in [-0.39, 0.29) is 22.9 Å². The number of carbonyl (C=O) groups excluding carboxylic acids is 1. The topological polar surface area (TPSA) is 50.8 Å². The molecule has 5 heteroatoms. The van der Waals surface area contributed by atoms with Gasteiger partial charge in [-0.1, -0.05) is 47.6 Å². The third-order valence-corrected chi connectivity index (χ3v) is 6.38. The second-order valence-electron chi connectivity index (χ2n) is 11.0. The fraction of sp³-hybridized carbons (Fsp3) is 0.500. The number of nitrogens with one attached hydrogen (secondary N) is 1. The average molecular weight is 423 g/mol. The van der Waals surface area contributed by atoms with Crippen molar-refractivity contribution < 1.29 is 14.3 Å². The van der Waals surface area contributed by atoms with Crippen molar-refractivity contribution in [2.75, 3.05) is 12.0 Å². The quantitative estimate of drug-likeness (QED) is 0.640. The van der Waals surface area contributed by atoms with Gasteiger partial charge in [-0.2, -0.15) is 0 Å². The molecule has 2 aromatic rings. The molecule has 2 aromatic carbocycles. The zero-order valence-electron chi connectivity index (χ0n) is 19.9. The van der Waals surface area contributed by atoms with Crippen LogP contribution in [0.4, 0.5) is 10.5 Å². The molecule has 5 nitrogen and oxygen atoms in total. The van der Waals surface area contributed by atoms with Gasteiger partial charge in [0.15, 0.2) is 5.72 Å². The van der Waals surface area contributed by atoms with Crippen LogP contribution in [0, 0.1) is 0 Å². The lowest BCUT2D eigenvalue weighted by atomic mass is 9.76. The van der Waals surface area contributed by atoms with Gasteiger partial charge in [0.05, 0.1) is 13.2 Å². The number of urea groups is 1. The van der Waals surface area contributed by atoms with E-state index in [1.165, 1.54) is 11.1 Å². The fourth-order valence-electron chi connectivity index (χ4n) is 4.58. The van der Waals surface area contributed by atoms with Gasteiger partial charge in [-0.3, -0.25) is 4.90 Å². The van der Waals surface area contributed by atoms with E-state index in [1.807, 2.05) is 31.2 Å². The van der Waals surface area contributed by atoms with Crippen molar-refractivity contribution in [2.45, 2.75) is 77.5 Å². The van der Waals surface area contributed by atoms with Crippen molar-refractivity contribution in [3.05, 3.63) is 53.1 Å². The maximum absolute atomic E-state index is 13.2. The lowest BCUT2D eigenvalue weighted by molar-refractivity contribution is 0.0358. The fourth-order valence-corrected chi connectivity index (χ4v) is 4.58. The molecule has 2 atom stereocenters. The Balaban J connectivity index is 1.85. The number of methoxy groups -OCH3 is 1. The standard InChI is InChI=1S/C26H34N2O3/c1-24(2,3)16-13-19-21-15-26(7,31-22(19)20(14-16)25(4,5)6)28(23(29)27-21)17-9-11-18(30-8)12-10-17/h9-14,21H,15H2,1-8H3,(H,27,29)/t21-,26+/m0/s1. The molecular weight excluding hydrogens is 388 g/mol. The van der Waals surface area contributed by atoms with Crippen LogP contribution in [0.3, 0.4) is 0 Å². The monoisotopic (exact) mass is 422 g/mol. The van der Waals surface area contributed by atoms with Gasteiger partial charge in [0.25, 0.3) is 0 Å². The first kappa shape index (κ1) is 21.5. The number of nitrogens with zero attached hydrogens (tertiary/aromatic N) is 1. The van der Waals surface area contributed by atoms with Crippen molar-refractivity contribution in [3.63, 3.8) is 0 Å². The summed E-state index contributed by atoms with van der Waals surface area (Å²) in [4.78, 5) is 15.0. The number of benzene rings is 2. The summed E-state index contributed by atoms with van der Waals surface area (Å²) in [6.07, 6.45) is 0.676. The smallest absolute Gasteiger partial charge is 0.325 e. The second kappa shape index (κ2) is 6.91. The van der Waals surface area contributed by atoms with Crippen molar-refractivity contribution in [1.82, 2.24) is 5.32 Å². The third kappa shape index (κ3) is 3.64. The molecule has 1 fully saturated rings. The molecule has 2 bridgehead atoms. The molecule has 31 heavy (non-hydrogen) atoms. The summed E-state index contributed by atoms with van der Waals surface area (Å²) >= 11 is 0. The van der Waals surface area contributed by atoms with E-state index in [1.54, 1.807) is 12.0 Å². The third-order valence-electron chi connectivity index (χ3n) is 6.38. The lowest BCUT2D eigenvalue weighted by Gasteiger charge is -2.51. The van der Waals surface area contributed by atoms with Gasteiger partial charge < -0.3 is 14.8 Å². The molecule has 2 heterocycles. The molecular formula is C26H34N2O3. The first-order valence-electron chi connectivity index (χ1n) is 11.0. The SMILES string of the molecule is COc1ccc(N2C(=O)N[C@H]3C[C@@]2(C)Oc2c3cc(C(C)(C)C)cc2C(C)(C)C)cc1. The minimum absolute atomic E-state index is 0.00356. The minimum atomic E-state index is -0.780. The van der Waals surface area contributed by atoms with E-state index < -0.39 is 5.72 Å². The van der Waals surface area contributed by atoms with Gasteiger partial charge in [0, 0.05) is 23.2 Å². The Morgan fingerprint density at radius 3 is 2.26 bits per heavy atom. The van der Waals surface area contributed by atoms with Crippen LogP contribution in [-0.2, 0) is 10.8 Å². The molecule has 0 aromatic heterocycles. The second-order valence-corrected chi connectivity index (χ2v) is 11.0. The number of fused-ring (bicyclic) bond motifs is 4. The van der Waals surface area contributed by atoms with E-state index in [0.29, 0.717) is 6.42 Å². The highest BCUT2D eigenvalue weighted by molar-refractivity contribution is 5.95. The van der Waals surface area contributed by atoms with E-state index in [9.17, 15) is 4.79 Å². The molecule has 0 saturated carbocycles. The normalized spacial score (nSPS) is 23.0. The van der Waals surface area contributed by atoms with Gasteiger partial charge in [0.1, 0.15) is 11.5 Å². The summed E-state index contributed by atoms with van der Waals surface area (Å²) in [7, 11) is 1.63. The van der Waals surface area contributed by atoms with Crippen LogP contribution in [-0.4, -0.2) is 18.9 Å². The summed E-state index contributed by atoms with van der Waals surface area (Å²) in [6, 6.07) is 11.8. The minimum Gasteiger partial charge on any atom is -0.497 e. The van der Waals surface area contributed by atoms with Gasteiger partial charge in [-0.25, -0.2) is 4.79 Å². The maximum Gasteiger partial charge on any atom is 0.325 e. The lowest BCUT2D eigenvalue weighted by Crippen LogP contribution is -2.65. The molecule has 0 radical (unpaired) electrons. The van der Waals surface area contributed by atoms with Crippen LogP contribution in [0.5, 0.6) is 11.5 Å². The van der Waals surface area contributed by atoms with Gasteiger partial charge >= 0.3 is 6.03 Å². The van der Waals surface area contributed by atoms with E-state index in [4.69, 9.17) is 9.47 Å². The highest BCUT2D eigenvalue weighted by atomic mass is 16.5. The molecule has 0 spiro atoms. The number of anilines is 1. The Labute approximate surface area is 185 Å². The highest BCUT2D eigenvalue weighted by Gasteiger charge is 2.51. The Morgan fingerprint density at radius 1 is 1.06 bits per heavy atom. The van der Waals surface area contributed by atoms with Crippen LogP contribution in [0.25, 0.3) is 0 Å². The first-order chi connectivity index (χ1) is 14.3. The van der Waals surface area contributed by atoms with E-state index in [0.717, 1.165) is 22.7 Å².